The number of aliphatic hydroxyl groups excluding tert-OH is 1. The van der Waals surface area contributed by atoms with Crippen LogP contribution in [-0.4, -0.2) is 102 Å². The Balaban J connectivity index is 0.807. The average molecular weight is 1050 g/mol. The Morgan fingerprint density at radius 2 is 1.49 bits per heavy atom. The number of ether oxygens (including phenoxy) is 3. The minimum absolute atomic E-state index is 0.00296. The van der Waals surface area contributed by atoms with E-state index in [1.54, 1.807) is 48.3 Å². The molecule has 3 atom stereocenters. The van der Waals surface area contributed by atoms with Crippen molar-refractivity contribution in [3.63, 3.8) is 0 Å². The van der Waals surface area contributed by atoms with Crippen molar-refractivity contribution < 1.29 is 51.7 Å². The van der Waals surface area contributed by atoms with E-state index in [0.29, 0.717) is 11.4 Å². The average Bonchev–Trinajstić information content (AvgIpc) is 4.03. The number of aliphatic hydroxyl groups is 1. The third kappa shape index (κ3) is 12.8. The van der Waals surface area contributed by atoms with Gasteiger partial charge in [0.15, 0.2) is 5.11 Å². The zero-order chi connectivity index (χ0) is 53.5. The highest BCUT2D eigenvalue weighted by Gasteiger charge is 2.51. The first-order chi connectivity index (χ1) is 35.1. The molecule has 3 heterocycles. The molecule has 4 aromatic carbocycles. The number of nitrogens with zero attached hydrogens (tertiary/aromatic N) is 4. The van der Waals surface area contributed by atoms with Crippen LogP contribution in [0.2, 0.25) is 0 Å². The summed E-state index contributed by atoms with van der Waals surface area (Å²) < 4.78 is 58.4. The van der Waals surface area contributed by atoms with Crippen molar-refractivity contribution in [2.45, 2.75) is 90.8 Å². The Kier molecular flexibility index (Phi) is 17.3. The van der Waals surface area contributed by atoms with Crippen LogP contribution < -0.4 is 25.2 Å². The molecule has 0 radical (unpaired) electrons. The maximum absolute atomic E-state index is 14.0. The first-order valence-electron chi connectivity index (χ1n) is 24.1. The van der Waals surface area contributed by atoms with E-state index in [-0.39, 0.29) is 75.7 Å². The Bertz CT molecular complexity index is 2880. The van der Waals surface area contributed by atoms with Crippen LogP contribution >= 0.6 is 23.6 Å². The van der Waals surface area contributed by atoms with E-state index in [2.05, 4.69) is 29.0 Å². The van der Waals surface area contributed by atoms with Gasteiger partial charge in [-0.3, -0.25) is 24.1 Å². The number of carbonyl (C=O) groups excluding carboxylic acids is 4. The van der Waals surface area contributed by atoms with E-state index in [0.717, 1.165) is 39.3 Å². The van der Waals surface area contributed by atoms with Crippen LogP contribution in [0.3, 0.4) is 0 Å². The highest BCUT2D eigenvalue weighted by Crippen LogP contribution is 2.40. The van der Waals surface area contributed by atoms with Gasteiger partial charge in [0.25, 0.3) is 5.91 Å². The van der Waals surface area contributed by atoms with Crippen LogP contribution in [0.1, 0.15) is 69.7 Å². The predicted octanol–water partition coefficient (Wildman–Crippen LogP) is 8.81. The van der Waals surface area contributed by atoms with Crippen molar-refractivity contribution in [3.05, 3.63) is 125 Å². The van der Waals surface area contributed by atoms with Crippen LogP contribution in [-0.2, 0) is 41.4 Å². The third-order valence-corrected chi connectivity index (χ3v) is 14.3. The van der Waals surface area contributed by atoms with Gasteiger partial charge < -0.3 is 39.8 Å². The van der Waals surface area contributed by atoms with Gasteiger partial charge in [0.05, 0.1) is 55.4 Å². The molecule has 0 spiro atoms. The first kappa shape index (κ1) is 55.1. The number of thiocarbonyl (C=S) groups is 1. The molecule has 0 bridgehead atoms. The molecule has 3 N–H and O–H groups in total. The highest BCUT2D eigenvalue weighted by atomic mass is 32.1. The molecule has 2 aliphatic heterocycles. The van der Waals surface area contributed by atoms with Gasteiger partial charge in [0, 0.05) is 36.5 Å². The molecular weight excluding hydrogens is 994 g/mol. The second kappa shape index (κ2) is 23.2. The number of rotatable bonds is 19. The Hall–Kier alpha value is -6.69. The number of thiophene rings is 1. The van der Waals surface area contributed by atoms with Gasteiger partial charge in [-0.15, -0.1) is 11.3 Å². The number of nitriles is 1. The summed E-state index contributed by atoms with van der Waals surface area (Å²) in [6.07, 6.45) is -5.61. The zero-order valence-electron chi connectivity index (χ0n) is 42.0. The van der Waals surface area contributed by atoms with E-state index in [4.69, 9.17) is 26.4 Å². The number of anilines is 2. The van der Waals surface area contributed by atoms with Crippen LogP contribution in [0.25, 0.3) is 21.6 Å². The van der Waals surface area contributed by atoms with E-state index < -0.39 is 64.2 Å². The summed E-state index contributed by atoms with van der Waals surface area (Å²) in [6, 6.07) is 27.5. The van der Waals surface area contributed by atoms with Gasteiger partial charge in [-0.2, -0.15) is 18.4 Å². The van der Waals surface area contributed by atoms with Gasteiger partial charge in [-0.25, -0.2) is 0 Å². The fraction of sp³-hybridized carbons (Fsp3) is 0.382. The summed E-state index contributed by atoms with van der Waals surface area (Å²) in [7, 11) is 0. The van der Waals surface area contributed by atoms with Gasteiger partial charge in [-0.05, 0) is 120 Å². The number of aryl methyl sites for hydroxylation is 1. The number of halogens is 3. The second-order valence-corrected chi connectivity index (χ2v) is 20.9. The monoisotopic (exact) mass is 1050 g/mol. The summed E-state index contributed by atoms with van der Waals surface area (Å²) >= 11 is 7.34. The number of carbonyl (C=O) groups is 4. The van der Waals surface area contributed by atoms with Crippen LogP contribution in [0, 0.1) is 23.7 Å². The molecule has 0 saturated carbocycles. The molecule has 4 amide bonds. The number of hydrogen-bond donors (Lipinski definition) is 3. The molecule has 74 heavy (non-hydrogen) atoms. The van der Waals surface area contributed by atoms with E-state index in [1.165, 1.54) is 21.4 Å². The maximum atomic E-state index is 14.0. The lowest BCUT2D eigenvalue weighted by Crippen LogP contribution is -2.57. The van der Waals surface area contributed by atoms with Crippen LogP contribution in [0.15, 0.2) is 102 Å². The molecule has 5 aromatic rings. The normalized spacial score (nSPS) is 17.1. The Morgan fingerprint density at radius 3 is 2.09 bits per heavy atom. The summed E-state index contributed by atoms with van der Waals surface area (Å²) in [5.74, 6) is -1.11. The molecular formula is C55H59F3N6O8S2. The zero-order valence-corrected chi connectivity index (χ0v) is 43.6. The van der Waals surface area contributed by atoms with Crippen LogP contribution in [0.4, 0.5) is 24.5 Å². The third-order valence-electron chi connectivity index (χ3n) is 12.8. The summed E-state index contributed by atoms with van der Waals surface area (Å²) in [5.41, 5.74) is 1.77. The fourth-order valence-corrected chi connectivity index (χ4v) is 10.3. The molecule has 0 aliphatic carbocycles. The minimum atomic E-state index is -4.80. The molecule has 2 fully saturated rings. The molecule has 390 valence electrons. The van der Waals surface area contributed by atoms with Crippen molar-refractivity contribution in [1.82, 2.24) is 15.5 Å². The highest BCUT2D eigenvalue weighted by molar-refractivity contribution is 7.81. The van der Waals surface area contributed by atoms with Gasteiger partial charge in [0.1, 0.15) is 30.0 Å². The Morgan fingerprint density at radius 1 is 0.878 bits per heavy atom. The molecule has 2 aliphatic rings. The molecule has 7 rings (SSSR count). The van der Waals surface area contributed by atoms with Crippen molar-refractivity contribution in [2.24, 2.45) is 5.41 Å². The van der Waals surface area contributed by atoms with Gasteiger partial charge in [0.2, 0.25) is 17.7 Å². The molecule has 2 saturated heterocycles. The number of likely N-dealkylation sites (tertiary alicyclic amines) is 1. The van der Waals surface area contributed by atoms with E-state index in [1.807, 2.05) is 81.4 Å². The number of hydrogen-bond acceptors (Lipinski definition) is 11. The number of benzene rings is 4. The topological polar surface area (TPSA) is 174 Å². The minimum Gasteiger partial charge on any atom is -0.491 e. The maximum Gasteiger partial charge on any atom is 0.417 e. The number of nitrogens with one attached hydrogen (secondary N) is 2. The molecule has 14 nitrogen and oxygen atoms in total. The van der Waals surface area contributed by atoms with Crippen molar-refractivity contribution >= 4 is 63.7 Å². The number of amides is 4. The summed E-state index contributed by atoms with van der Waals surface area (Å²) in [5, 5.41) is 27.6. The SMILES string of the molecule is Cc1ccsc1-c1ccc(CNC(=O)[C@@H]2C[C@@H](O)CN2C(=O)[C@@H](NC(=O)CCOCCOCCOc2ccc(-c3ccc(N4C(=S)N(c5ccc(C#N)c(C(F)(F)F)c5)C(=O)C4(C)C)cc3)cc2)C(C)(C)C)cc1. The van der Waals surface area contributed by atoms with Crippen molar-refractivity contribution in [2.75, 3.05) is 49.4 Å². The lowest BCUT2D eigenvalue weighted by Gasteiger charge is -2.35. The molecule has 19 heteroatoms. The molecule has 1 aromatic heterocycles. The standard InChI is InChI=1S/C55H59F3N6O8S2/c1-34-22-28-74-47(34)38-9-7-35(8-10-38)32-60-49(67)45-30-42(65)33-62(45)50(68)48(53(2,3)4)61-46(66)21-23-70-24-25-71-26-27-72-43-19-14-37(15-20-43)36-11-16-40(17-12-36)64-52(73)63(51(69)54(64,5)6)41-18-13-39(31-59)44(29-41)55(56,57)58/h7-20,22,28-29,42,45,48,65H,21,23-27,30,32-33H2,1-6H3,(H,60,67)(H,61,66)/t42-,45+,48-/m1/s1. The Labute approximate surface area is 438 Å². The summed E-state index contributed by atoms with van der Waals surface area (Å²) in [4.78, 5) is 59.4. The lowest BCUT2D eigenvalue weighted by molar-refractivity contribution is -0.144. The fourth-order valence-electron chi connectivity index (χ4n) is 8.81. The van der Waals surface area contributed by atoms with Gasteiger partial charge in [-0.1, -0.05) is 69.3 Å². The predicted molar refractivity (Wildman–Crippen MR) is 280 cm³/mol. The van der Waals surface area contributed by atoms with E-state index >= 15 is 0 Å². The molecule has 0 unspecified atom stereocenters. The number of β-amino-alcohol motifs (C(OH)–C–C–N with tert-alkyl or cyclic N) is 1. The van der Waals surface area contributed by atoms with Gasteiger partial charge >= 0.3 is 6.18 Å². The number of alkyl halides is 3. The van der Waals surface area contributed by atoms with E-state index in [9.17, 15) is 42.7 Å². The quantitative estimate of drug-likeness (QED) is 0.0533. The van der Waals surface area contributed by atoms with Crippen LogP contribution in [0.5, 0.6) is 5.75 Å². The van der Waals surface area contributed by atoms with Crippen molar-refractivity contribution in [3.8, 4) is 33.4 Å². The van der Waals surface area contributed by atoms with Crippen molar-refractivity contribution in [1.29, 1.82) is 5.26 Å². The smallest absolute Gasteiger partial charge is 0.417 e. The second-order valence-electron chi connectivity index (χ2n) is 19.7. The lowest BCUT2D eigenvalue weighted by atomic mass is 9.85. The largest absolute Gasteiger partial charge is 0.491 e. The summed E-state index contributed by atoms with van der Waals surface area (Å²) in [6.45, 7) is 12.2. The first-order valence-corrected chi connectivity index (χ1v) is 25.3.